The van der Waals surface area contributed by atoms with Gasteiger partial charge in [0.1, 0.15) is 5.92 Å². The number of aryl methyl sites for hydroxylation is 1. The summed E-state index contributed by atoms with van der Waals surface area (Å²) in [5.74, 6) is -4.53. The first-order chi connectivity index (χ1) is 14.5. The quantitative estimate of drug-likeness (QED) is 0.498. The Hall–Kier alpha value is -2.21. The van der Waals surface area contributed by atoms with Gasteiger partial charge in [0.15, 0.2) is 5.78 Å². The molecule has 0 aliphatic heterocycles. The minimum absolute atomic E-state index is 0.111. The van der Waals surface area contributed by atoms with E-state index in [1.807, 2.05) is 58.9 Å². The van der Waals surface area contributed by atoms with E-state index in [1.165, 1.54) is 6.92 Å². The minimum Gasteiger partial charge on any atom is -0.465 e. The highest BCUT2D eigenvalue weighted by Gasteiger charge is 2.57. The van der Waals surface area contributed by atoms with E-state index in [0.717, 1.165) is 12.0 Å². The molecule has 2 rings (SSSR count). The largest absolute Gasteiger partial charge is 0.465 e. The summed E-state index contributed by atoms with van der Waals surface area (Å²) in [4.78, 5) is 39.1. The van der Waals surface area contributed by atoms with E-state index in [0.29, 0.717) is 5.56 Å². The molecule has 1 aromatic carbocycles. The molecule has 4 atom stereocenters. The van der Waals surface area contributed by atoms with E-state index >= 15 is 0 Å². The number of ketones is 1. The number of rotatable bonds is 8. The third-order valence-corrected chi connectivity index (χ3v) is 5.67. The Labute approximate surface area is 185 Å². The standard InChI is InChI=1S/C25H36O6/c1-7-17-8-10-18(11-9-17)20-21(23(27)30-13-15(2)3)19(26)12-25(6,29)22(20)24(28)31-14-16(4)5/h8-11,15-16,20-22,29H,7,12-14H2,1-6H3/t20-,21-,22-,25+/m0/s1. The average molecular weight is 433 g/mol. The summed E-state index contributed by atoms with van der Waals surface area (Å²) in [6.07, 6.45) is 0.529. The molecule has 0 bridgehead atoms. The van der Waals surface area contributed by atoms with Crippen molar-refractivity contribution in [3.05, 3.63) is 35.4 Å². The number of Topliss-reactive ketones (excluding diaryl/α,β-unsaturated/α-hetero) is 1. The lowest BCUT2D eigenvalue weighted by molar-refractivity contribution is -0.173. The fraction of sp³-hybridized carbons (Fsp3) is 0.640. The maximum atomic E-state index is 13.1. The summed E-state index contributed by atoms with van der Waals surface area (Å²) in [5.41, 5.74) is 0.104. The zero-order chi connectivity index (χ0) is 23.3. The number of hydrogen-bond acceptors (Lipinski definition) is 6. The van der Waals surface area contributed by atoms with Crippen molar-refractivity contribution in [2.45, 2.75) is 65.9 Å². The number of esters is 2. The molecule has 0 heterocycles. The second-order valence-corrected chi connectivity index (χ2v) is 9.62. The average Bonchev–Trinajstić information content (AvgIpc) is 2.69. The predicted molar refractivity (Wildman–Crippen MR) is 117 cm³/mol. The normalized spacial score (nSPS) is 26.2. The summed E-state index contributed by atoms with van der Waals surface area (Å²) in [5, 5.41) is 11.1. The summed E-state index contributed by atoms with van der Waals surface area (Å²) in [7, 11) is 0. The van der Waals surface area contributed by atoms with Crippen LogP contribution in [0.1, 0.15) is 65.0 Å². The van der Waals surface area contributed by atoms with Gasteiger partial charge in [-0.25, -0.2) is 0 Å². The van der Waals surface area contributed by atoms with Gasteiger partial charge < -0.3 is 14.6 Å². The van der Waals surface area contributed by atoms with Gasteiger partial charge in [-0.3, -0.25) is 14.4 Å². The Morgan fingerprint density at radius 1 is 1.03 bits per heavy atom. The zero-order valence-electron chi connectivity index (χ0n) is 19.5. The van der Waals surface area contributed by atoms with E-state index in [-0.39, 0.29) is 31.5 Å². The number of carbonyl (C=O) groups excluding carboxylic acids is 3. The van der Waals surface area contributed by atoms with Crippen molar-refractivity contribution in [3.63, 3.8) is 0 Å². The van der Waals surface area contributed by atoms with Crippen LogP contribution in [-0.2, 0) is 30.3 Å². The Morgan fingerprint density at radius 2 is 1.55 bits per heavy atom. The molecular weight excluding hydrogens is 396 g/mol. The van der Waals surface area contributed by atoms with Gasteiger partial charge in [-0.2, -0.15) is 0 Å². The second-order valence-electron chi connectivity index (χ2n) is 9.62. The van der Waals surface area contributed by atoms with Crippen molar-refractivity contribution < 1.29 is 29.0 Å². The Balaban J connectivity index is 2.52. The molecule has 6 heteroatoms. The number of hydrogen-bond donors (Lipinski definition) is 1. The summed E-state index contributed by atoms with van der Waals surface area (Å²) in [6, 6.07) is 7.47. The fourth-order valence-electron chi connectivity index (χ4n) is 4.07. The highest BCUT2D eigenvalue weighted by Crippen LogP contribution is 2.46. The highest BCUT2D eigenvalue weighted by molar-refractivity contribution is 6.02. The first kappa shape index (κ1) is 25.1. The maximum absolute atomic E-state index is 13.1. The maximum Gasteiger partial charge on any atom is 0.317 e. The van der Waals surface area contributed by atoms with Crippen LogP contribution in [0.2, 0.25) is 0 Å². The smallest absolute Gasteiger partial charge is 0.317 e. The summed E-state index contributed by atoms with van der Waals surface area (Å²) < 4.78 is 10.9. The van der Waals surface area contributed by atoms with Crippen molar-refractivity contribution >= 4 is 17.7 Å². The SMILES string of the molecule is CCc1ccc([C@H]2[C@@H](C(=O)OCC(C)C)C(=O)C[C@@](C)(O)[C@@H]2C(=O)OCC(C)C)cc1. The van der Waals surface area contributed by atoms with E-state index < -0.39 is 41.1 Å². The molecule has 1 aromatic rings. The van der Waals surface area contributed by atoms with Crippen LogP contribution in [0.5, 0.6) is 0 Å². The molecule has 31 heavy (non-hydrogen) atoms. The Kier molecular flexibility index (Phi) is 8.41. The van der Waals surface area contributed by atoms with Crippen molar-refractivity contribution in [3.8, 4) is 0 Å². The first-order valence-electron chi connectivity index (χ1n) is 11.1. The molecule has 0 spiro atoms. The van der Waals surface area contributed by atoms with Crippen LogP contribution in [0.4, 0.5) is 0 Å². The molecule has 0 amide bonds. The van der Waals surface area contributed by atoms with Crippen molar-refractivity contribution in [2.75, 3.05) is 13.2 Å². The van der Waals surface area contributed by atoms with E-state index in [4.69, 9.17) is 9.47 Å². The monoisotopic (exact) mass is 432 g/mol. The van der Waals surface area contributed by atoms with Crippen LogP contribution in [0, 0.1) is 23.7 Å². The number of benzene rings is 1. The molecule has 1 saturated carbocycles. The highest BCUT2D eigenvalue weighted by atomic mass is 16.5. The third kappa shape index (κ3) is 6.16. The minimum atomic E-state index is -1.63. The molecule has 6 nitrogen and oxygen atoms in total. The third-order valence-electron chi connectivity index (χ3n) is 5.67. The van der Waals surface area contributed by atoms with Gasteiger partial charge >= 0.3 is 11.9 Å². The molecule has 172 valence electrons. The van der Waals surface area contributed by atoms with Gasteiger partial charge in [0, 0.05) is 12.3 Å². The molecule has 1 fully saturated rings. The van der Waals surface area contributed by atoms with Crippen LogP contribution >= 0.6 is 0 Å². The molecule has 0 unspecified atom stereocenters. The van der Waals surface area contributed by atoms with Crippen molar-refractivity contribution in [1.82, 2.24) is 0 Å². The van der Waals surface area contributed by atoms with Gasteiger partial charge in [-0.15, -0.1) is 0 Å². The molecule has 0 radical (unpaired) electrons. The van der Waals surface area contributed by atoms with Crippen LogP contribution < -0.4 is 0 Å². The molecule has 1 aliphatic carbocycles. The van der Waals surface area contributed by atoms with E-state index in [1.54, 1.807) is 0 Å². The Bertz CT molecular complexity index is 778. The van der Waals surface area contributed by atoms with Crippen LogP contribution in [0.3, 0.4) is 0 Å². The van der Waals surface area contributed by atoms with Crippen molar-refractivity contribution in [2.24, 2.45) is 23.7 Å². The molecule has 0 aromatic heterocycles. The molecule has 1 N–H and O–H groups in total. The molecule has 0 saturated heterocycles. The van der Waals surface area contributed by atoms with Gasteiger partial charge in [-0.1, -0.05) is 58.9 Å². The summed E-state index contributed by atoms with van der Waals surface area (Å²) in [6.45, 7) is 11.5. The van der Waals surface area contributed by atoms with Crippen molar-refractivity contribution in [1.29, 1.82) is 0 Å². The lowest BCUT2D eigenvalue weighted by atomic mass is 9.61. The Morgan fingerprint density at radius 3 is 2.03 bits per heavy atom. The number of aliphatic hydroxyl groups is 1. The van der Waals surface area contributed by atoms with Crippen LogP contribution in [0.15, 0.2) is 24.3 Å². The predicted octanol–water partition coefficient (Wildman–Crippen LogP) is 3.69. The lowest BCUT2D eigenvalue weighted by Crippen LogP contribution is -2.55. The zero-order valence-corrected chi connectivity index (χ0v) is 19.5. The molecule has 1 aliphatic rings. The van der Waals surface area contributed by atoms with Gasteiger partial charge in [0.25, 0.3) is 0 Å². The fourth-order valence-corrected chi connectivity index (χ4v) is 4.07. The van der Waals surface area contributed by atoms with Crippen LogP contribution in [0.25, 0.3) is 0 Å². The number of ether oxygens (including phenoxy) is 2. The van der Waals surface area contributed by atoms with Crippen LogP contribution in [-0.4, -0.2) is 41.6 Å². The van der Waals surface area contributed by atoms with Gasteiger partial charge in [0.05, 0.1) is 24.7 Å². The summed E-state index contributed by atoms with van der Waals surface area (Å²) >= 11 is 0. The van der Waals surface area contributed by atoms with E-state index in [2.05, 4.69) is 0 Å². The second kappa shape index (κ2) is 10.4. The van der Waals surface area contributed by atoms with E-state index in [9.17, 15) is 19.5 Å². The van der Waals surface area contributed by atoms with Gasteiger partial charge in [-0.05, 0) is 36.3 Å². The lowest BCUT2D eigenvalue weighted by Gasteiger charge is -2.43. The number of carbonyl (C=O) groups is 3. The first-order valence-corrected chi connectivity index (χ1v) is 11.1. The van der Waals surface area contributed by atoms with Gasteiger partial charge in [0.2, 0.25) is 0 Å². The molecular formula is C25H36O6. The topological polar surface area (TPSA) is 89.9 Å².